The van der Waals surface area contributed by atoms with E-state index in [1.165, 1.54) is 11.1 Å². The van der Waals surface area contributed by atoms with Gasteiger partial charge in [0.15, 0.2) is 0 Å². The fraction of sp³-hybridized carbons (Fsp3) is 0.500. The number of rotatable bonds is 4. The number of H-pyrrole nitrogens is 1. The summed E-state index contributed by atoms with van der Waals surface area (Å²) in [6, 6.07) is 4.33. The molecular weight excluding hydrogens is 210 g/mol. The molecule has 1 atom stereocenters. The Labute approximate surface area is 102 Å². The number of hydrogen-bond acceptors (Lipinski definition) is 2. The molecule has 3 nitrogen and oxygen atoms in total. The van der Waals surface area contributed by atoms with Crippen molar-refractivity contribution in [2.24, 2.45) is 5.73 Å². The first-order chi connectivity index (χ1) is 8.11. The standard InChI is InChI=1S/C14H21N3/c1-9(5-4-6-15)14-16-12-7-10(2)11(3)8-13(12)17-14/h7-9H,4-6,15H2,1-3H3,(H,16,17). The van der Waals surface area contributed by atoms with Crippen LogP contribution < -0.4 is 5.73 Å². The van der Waals surface area contributed by atoms with E-state index in [1.807, 2.05) is 0 Å². The summed E-state index contributed by atoms with van der Waals surface area (Å²) < 4.78 is 0. The summed E-state index contributed by atoms with van der Waals surface area (Å²) in [7, 11) is 0. The molecule has 3 heteroatoms. The van der Waals surface area contributed by atoms with E-state index >= 15 is 0 Å². The zero-order valence-electron chi connectivity index (χ0n) is 10.9. The van der Waals surface area contributed by atoms with Gasteiger partial charge in [0.25, 0.3) is 0 Å². The van der Waals surface area contributed by atoms with E-state index in [9.17, 15) is 0 Å². The molecule has 0 saturated heterocycles. The number of nitrogens with zero attached hydrogens (tertiary/aromatic N) is 1. The molecule has 1 aromatic carbocycles. The van der Waals surface area contributed by atoms with Crippen molar-refractivity contribution in [3.63, 3.8) is 0 Å². The number of aromatic nitrogens is 2. The summed E-state index contributed by atoms with van der Waals surface area (Å²) in [6.45, 7) is 7.21. The SMILES string of the molecule is Cc1cc2nc(C(C)CCCN)[nH]c2cc1C. The number of nitrogens with two attached hydrogens (primary N) is 1. The Hall–Kier alpha value is -1.35. The Kier molecular flexibility index (Phi) is 3.48. The number of imidazole rings is 1. The molecule has 0 fully saturated rings. The maximum absolute atomic E-state index is 5.54. The van der Waals surface area contributed by atoms with Gasteiger partial charge in [-0.2, -0.15) is 0 Å². The van der Waals surface area contributed by atoms with Crippen LogP contribution in [0.25, 0.3) is 11.0 Å². The molecule has 0 aliphatic carbocycles. The van der Waals surface area contributed by atoms with Crippen molar-refractivity contribution < 1.29 is 0 Å². The minimum absolute atomic E-state index is 0.451. The van der Waals surface area contributed by atoms with Crippen molar-refractivity contribution in [3.8, 4) is 0 Å². The average molecular weight is 231 g/mol. The Morgan fingerprint density at radius 3 is 2.71 bits per heavy atom. The number of aromatic amines is 1. The van der Waals surface area contributed by atoms with Gasteiger partial charge in [0, 0.05) is 5.92 Å². The normalized spacial score (nSPS) is 13.2. The first-order valence-corrected chi connectivity index (χ1v) is 6.28. The largest absolute Gasteiger partial charge is 0.342 e. The van der Waals surface area contributed by atoms with Gasteiger partial charge >= 0.3 is 0 Å². The molecule has 1 unspecified atom stereocenters. The van der Waals surface area contributed by atoms with E-state index in [-0.39, 0.29) is 0 Å². The van der Waals surface area contributed by atoms with Gasteiger partial charge in [-0.1, -0.05) is 6.92 Å². The van der Waals surface area contributed by atoms with E-state index in [1.54, 1.807) is 0 Å². The van der Waals surface area contributed by atoms with Gasteiger partial charge in [-0.3, -0.25) is 0 Å². The highest BCUT2D eigenvalue weighted by atomic mass is 14.9. The molecule has 1 aromatic heterocycles. The molecule has 0 radical (unpaired) electrons. The molecule has 0 saturated carbocycles. The zero-order chi connectivity index (χ0) is 12.4. The van der Waals surface area contributed by atoms with E-state index in [2.05, 4.69) is 42.9 Å². The lowest BCUT2D eigenvalue weighted by Crippen LogP contribution is -2.02. The van der Waals surface area contributed by atoms with E-state index in [0.29, 0.717) is 5.92 Å². The van der Waals surface area contributed by atoms with Crippen molar-refractivity contribution >= 4 is 11.0 Å². The van der Waals surface area contributed by atoms with Crippen LogP contribution in [0.5, 0.6) is 0 Å². The number of fused-ring (bicyclic) bond motifs is 1. The minimum Gasteiger partial charge on any atom is -0.342 e. The van der Waals surface area contributed by atoms with Gasteiger partial charge in [0.1, 0.15) is 5.82 Å². The molecule has 17 heavy (non-hydrogen) atoms. The topological polar surface area (TPSA) is 54.7 Å². The van der Waals surface area contributed by atoms with Gasteiger partial charge in [0.05, 0.1) is 11.0 Å². The third kappa shape index (κ3) is 2.50. The summed E-state index contributed by atoms with van der Waals surface area (Å²) in [5.41, 5.74) is 10.4. The van der Waals surface area contributed by atoms with Crippen LogP contribution in [0.4, 0.5) is 0 Å². The fourth-order valence-electron chi connectivity index (χ4n) is 2.08. The number of hydrogen-bond donors (Lipinski definition) is 2. The second-order valence-electron chi connectivity index (χ2n) is 4.91. The number of aryl methyl sites for hydroxylation is 2. The van der Waals surface area contributed by atoms with Gasteiger partial charge in [-0.25, -0.2) is 4.98 Å². The predicted octanol–water partition coefficient (Wildman–Crippen LogP) is 3.02. The van der Waals surface area contributed by atoms with Crippen molar-refractivity contribution in [3.05, 3.63) is 29.1 Å². The molecule has 0 aliphatic rings. The summed E-state index contributed by atoms with van der Waals surface area (Å²) in [5, 5.41) is 0. The van der Waals surface area contributed by atoms with Crippen LogP contribution in [-0.4, -0.2) is 16.5 Å². The highest BCUT2D eigenvalue weighted by Crippen LogP contribution is 2.23. The quantitative estimate of drug-likeness (QED) is 0.849. The second kappa shape index (κ2) is 4.88. The minimum atomic E-state index is 0.451. The lowest BCUT2D eigenvalue weighted by atomic mass is 10.1. The van der Waals surface area contributed by atoms with Crippen molar-refractivity contribution in [2.75, 3.05) is 6.54 Å². The lowest BCUT2D eigenvalue weighted by molar-refractivity contribution is 0.616. The van der Waals surface area contributed by atoms with Crippen LogP contribution in [0.15, 0.2) is 12.1 Å². The lowest BCUT2D eigenvalue weighted by Gasteiger charge is -2.06. The second-order valence-corrected chi connectivity index (χ2v) is 4.91. The van der Waals surface area contributed by atoms with Crippen LogP contribution in [0.3, 0.4) is 0 Å². The van der Waals surface area contributed by atoms with Crippen LogP contribution in [0.1, 0.15) is 42.6 Å². The monoisotopic (exact) mass is 231 g/mol. The highest BCUT2D eigenvalue weighted by Gasteiger charge is 2.11. The van der Waals surface area contributed by atoms with Gasteiger partial charge < -0.3 is 10.7 Å². The summed E-state index contributed by atoms with van der Waals surface area (Å²) in [6.07, 6.45) is 2.14. The average Bonchev–Trinajstić information content (AvgIpc) is 2.69. The predicted molar refractivity (Wildman–Crippen MR) is 72.3 cm³/mol. The van der Waals surface area contributed by atoms with Crippen LogP contribution >= 0.6 is 0 Å². The molecule has 1 heterocycles. The summed E-state index contributed by atoms with van der Waals surface area (Å²) in [4.78, 5) is 8.09. The Morgan fingerprint density at radius 1 is 1.29 bits per heavy atom. The maximum Gasteiger partial charge on any atom is 0.110 e. The van der Waals surface area contributed by atoms with Crippen LogP contribution in [0.2, 0.25) is 0 Å². The Balaban J connectivity index is 2.31. The molecule has 0 spiro atoms. The molecule has 3 N–H and O–H groups in total. The number of nitrogens with one attached hydrogen (secondary N) is 1. The Bertz CT molecular complexity index is 474. The third-order valence-electron chi connectivity index (χ3n) is 3.42. The van der Waals surface area contributed by atoms with E-state index in [0.717, 1.165) is 36.2 Å². The van der Waals surface area contributed by atoms with Gasteiger partial charge in [-0.05, 0) is 56.5 Å². The maximum atomic E-state index is 5.54. The van der Waals surface area contributed by atoms with E-state index < -0.39 is 0 Å². The van der Waals surface area contributed by atoms with E-state index in [4.69, 9.17) is 5.73 Å². The zero-order valence-corrected chi connectivity index (χ0v) is 10.9. The highest BCUT2D eigenvalue weighted by molar-refractivity contribution is 5.77. The Morgan fingerprint density at radius 2 is 2.00 bits per heavy atom. The molecule has 92 valence electrons. The molecule has 0 aliphatic heterocycles. The van der Waals surface area contributed by atoms with Crippen molar-refractivity contribution in [1.29, 1.82) is 0 Å². The first-order valence-electron chi connectivity index (χ1n) is 6.28. The molecule has 2 rings (SSSR count). The number of benzene rings is 1. The molecular formula is C14H21N3. The summed E-state index contributed by atoms with van der Waals surface area (Å²) in [5.74, 6) is 1.53. The summed E-state index contributed by atoms with van der Waals surface area (Å²) >= 11 is 0. The fourth-order valence-corrected chi connectivity index (χ4v) is 2.08. The molecule has 0 amide bonds. The first kappa shape index (κ1) is 12.1. The van der Waals surface area contributed by atoms with Crippen molar-refractivity contribution in [1.82, 2.24) is 9.97 Å². The third-order valence-corrected chi connectivity index (χ3v) is 3.42. The smallest absolute Gasteiger partial charge is 0.110 e. The molecule has 2 aromatic rings. The van der Waals surface area contributed by atoms with Gasteiger partial charge in [0.2, 0.25) is 0 Å². The van der Waals surface area contributed by atoms with Gasteiger partial charge in [-0.15, -0.1) is 0 Å². The van der Waals surface area contributed by atoms with Crippen LogP contribution in [0, 0.1) is 13.8 Å². The van der Waals surface area contributed by atoms with Crippen LogP contribution in [-0.2, 0) is 0 Å². The van der Waals surface area contributed by atoms with Crippen molar-refractivity contribution in [2.45, 2.75) is 39.5 Å². The molecule has 0 bridgehead atoms.